The van der Waals surface area contributed by atoms with Crippen LogP contribution >= 0.6 is 0 Å². The molecule has 1 aliphatic rings. The molecule has 0 unspecified atom stereocenters. The molecule has 1 aromatic carbocycles. The molecule has 17 heavy (non-hydrogen) atoms. The summed E-state index contributed by atoms with van der Waals surface area (Å²) in [6, 6.07) is 8.27. The lowest BCUT2D eigenvalue weighted by molar-refractivity contribution is -0.119. The molecular formula is C12H11N3O2. The van der Waals surface area contributed by atoms with Crippen LogP contribution in [0.4, 0.5) is 0 Å². The van der Waals surface area contributed by atoms with E-state index in [0.29, 0.717) is 24.1 Å². The van der Waals surface area contributed by atoms with E-state index in [4.69, 9.17) is 5.26 Å². The molecule has 1 atom stereocenters. The largest absolute Gasteiger partial charge is 0.354 e. The van der Waals surface area contributed by atoms with E-state index in [1.165, 1.54) is 6.07 Å². The average molecular weight is 229 g/mol. The van der Waals surface area contributed by atoms with E-state index < -0.39 is 0 Å². The van der Waals surface area contributed by atoms with E-state index in [9.17, 15) is 9.59 Å². The van der Waals surface area contributed by atoms with Gasteiger partial charge in [-0.1, -0.05) is 6.07 Å². The van der Waals surface area contributed by atoms with Crippen molar-refractivity contribution in [2.45, 2.75) is 12.5 Å². The van der Waals surface area contributed by atoms with Crippen LogP contribution in [0.2, 0.25) is 0 Å². The summed E-state index contributed by atoms with van der Waals surface area (Å²) in [4.78, 5) is 22.8. The van der Waals surface area contributed by atoms with E-state index in [1.54, 1.807) is 18.2 Å². The number of rotatable bonds is 2. The van der Waals surface area contributed by atoms with Gasteiger partial charge in [0.15, 0.2) is 0 Å². The lowest BCUT2D eigenvalue weighted by Crippen LogP contribution is -2.36. The molecule has 1 saturated heterocycles. The fourth-order valence-corrected chi connectivity index (χ4v) is 1.71. The van der Waals surface area contributed by atoms with Gasteiger partial charge in [0.2, 0.25) is 5.91 Å². The van der Waals surface area contributed by atoms with Gasteiger partial charge in [-0.15, -0.1) is 0 Å². The minimum atomic E-state index is -0.261. The molecule has 5 nitrogen and oxygen atoms in total. The van der Waals surface area contributed by atoms with Gasteiger partial charge >= 0.3 is 0 Å². The fraction of sp³-hybridized carbons (Fsp3) is 0.250. The summed E-state index contributed by atoms with van der Waals surface area (Å²) in [7, 11) is 0. The monoisotopic (exact) mass is 229 g/mol. The number of hydrogen-bond donors (Lipinski definition) is 2. The third-order valence-corrected chi connectivity index (χ3v) is 2.57. The molecular weight excluding hydrogens is 218 g/mol. The van der Waals surface area contributed by atoms with Crippen LogP contribution in [0.1, 0.15) is 22.3 Å². The molecule has 1 heterocycles. The van der Waals surface area contributed by atoms with Gasteiger partial charge in [-0.2, -0.15) is 5.26 Å². The second-order valence-corrected chi connectivity index (χ2v) is 3.87. The molecule has 1 aromatic rings. The summed E-state index contributed by atoms with van der Waals surface area (Å²) in [6.07, 6.45) is 0.309. The zero-order valence-electron chi connectivity index (χ0n) is 9.06. The van der Waals surface area contributed by atoms with Crippen molar-refractivity contribution in [1.82, 2.24) is 10.6 Å². The van der Waals surface area contributed by atoms with Crippen LogP contribution in [0, 0.1) is 11.3 Å². The zero-order chi connectivity index (χ0) is 12.3. The molecule has 2 rings (SSSR count). The Morgan fingerprint density at radius 1 is 1.53 bits per heavy atom. The Balaban J connectivity index is 2.04. The van der Waals surface area contributed by atoms with Crippen molar-refractivity contribution in [3.8, 4) is 6.07 Å². The smallest absolute Gasteiger partial charge is 0.251 e. The summed E-state index contributed by atoms with van der Waals surface area (Å²) >= 11 is 0. The summed E-state index contributed by atoms with van der Waals surface area (Å²) in [5.41, 5.74) is 0.877. The molecule has 0 aromatic heterocycles. The Hall–Kier alpha value is -2.35. The predicted octanol–water partition coefficient (Wildman–Crippen LogP) is 0.177. The van der Waals surface area contributed by atoms with Crippen LogP contribution in [-0.4, -0.2) is 24.4 Å². The quantitative estimate of drug-likeness (QED) is 0.758. The molecule has 0 radical (unpaired) electrons. The Bertz CT molecular complexity index is 505. The normalized spacial score (nSPS) is 18.3. The minimum absolute atomic E-state index is 0.0546. The Kier molecular flexibility index (Phi) is 3.06. The van der Waals surface area contributed by atoms with Gasteiger partial charge in [0.25, 0.3) is 5.91 Å². The molecule has 2 amide bonds. The van der Waals surface area contributed by atoms with Gasteiger partial charge in [-0.05, 0) is 18.2 Å². The number of benzene rings is 1. The van der Waals surface area contributed by atoms with E-state index >= 15 is 0 Å². The van der Waals surface area contributed by atoms with Crippen molar-refractivity contribution in [1.29, 1.82) is 5.26 Å². The average Bonchev–Trinajstić information content (AvgIpc) is 2.75. The summed E-state index contributed by atoms with van der Waals surface area (Å²) in [5.74, 6) is -0.315. The van der Waals surface area contributed by atoms with E-state index in [1.807, 2.05) is 6.07 Å². The maximum atomic E-state index is 11.8. The molecule has 2 N–H and O–H groups in total. The van der Waals surface area contributed by atoms with Crippen molar-refractivity contribution in [3.63, 3.8) is 0 Å². The van der Waals surface area contributed by atoms with Crippen LogP contribution < -0.4 is 10.6 Å². The first-order valence-electron chi connectivity index (χ1n) is 5.27. The van der Waals surface area contributed by atoms with Crippen LogP contribution in [0.15, 0.2) is 24.3 Å². The highest BCUT2D eigenvalue weighted by atomic mass is 16.2. The van der Waals surface area contributed by atoms with E-state index in [0.717, 1.165) is 0 Å². The lowest BCUT2D eigenvalue weighted by Gasteiger charge is -2.10. The highest BCUT2D eigenvalue weighted by Gasteiger charge is 2.23. The number of nitriles is 1. The van der Waals surface area contributed by atoms with Gasteiger partial charge in [0.1, 0.15) is 0 Å². The van der Waals surface area contributed by atoms with Gasteiger partial charge in [-0.25, -0.2) is 0 Å². The Morgan fingerprint density at radius 2 is 2.35 bits per heavy atom. The number of amides is 2. The SMILES string of the molecule is N#Cc1cccc(C(=O)N[C@@H]2CNC(=O)C2)c1. The second-order valence-electron chi connectivity index (χ2n) is 3.87. The standard InChI is InChI=1S/C12H11N3O2/c13-6-8-2-1-3-9(4-8)12(17)15-10-5-11(16)14-7-10/h1-4,10H,5,7H2,(H,14,16)(H,15,17)/t10-/m0/s1. The van der Waals surface area contributed by atoms with Crippen LogP contribution in [0.5, 0.6) is 0 Å². The third kappa shape index (κ3) is 2.61. The molecule has 86 valence electrons. The molecule has 5 heteroatoms. The van der Waals surface area contributed by atoms with Crippen molar-refractivity contribution in [2.24, 2.45) is 0 Å². The van der Waals surface area contributed by atoms with Crippen molar-refractivity contribution >= 4 is 11.8 Å². The van der Waals surface area contributed by atoms with E-state index in [2.05, 4.69) is 10.6 Å². The molecule has 1 fully saturated rings. The number of carbonyl (C=O) groups is 2. The fourth-order valence-electron chi connectivity index (χ4n) is 1.71. The highest BCUT2D eigenvalue weighted by molar-refractivity contribution is 5.95. The van der Waals surface area contributed by atoms with Crippen LogP contribution in [0.3, 0.4) is 0 Å². The van der Waals surface area contributed by atoms with Gasteiger partial charge < -0.3 is 10.6 Å². The van der Waals surface area contributed by atoms with Crippen molar-refractivity contribution in [2.75, 3.05) is 6.54 Å². The predicted molar refractivity (Wildman–Crippen MR) is 60.0 cm³/mol. The summed E-state index contributed by atoms with van der Waals surface area (Å²) in [5, 5.41) is 14.1. The maximum absolute atomic E-state index is 11.8. The first-order valence-corrected chi connectivity index (χ1v) is 5.27. The second kappa shape index (κ2) is 4.66. The lowest BCUT2D eigenvalue weighted by atomic mass is 10.1. The molecule has 0 aliphatic carbocycles. The number of nitrogens with zero attached hydrogens (tertiary/aromatic N) is 1. The zero-order valence-corrected chi connectivity index (χ0v) is 9.06. The maximum Gasteiger partial charge on any atom is 0.251 e. The molecule has 0 bridgehead atoms. The number of carbonyl (C=O) groups excluding carboxylic acids is 2. The summed E-state index contributed by atoms with van der Waals surface area (Å²) < 4.78 is 0. The van der Waals surface area contributed by atoms with Crippen LogP contribution in [0.25, 0.3) is 0 Å². The number of nitrogens with one attached hydrogen (secondary N) is 2. The topological polar surface area (TPSA) is 82.0 Å². The van der Waals surface area contributed by atoms with Gasteiger partial charge in [0, 0.05) is 18.5 Å². The minimum Gasteiger partial charge on any atom is -0.354 e. The van der Waals surface area contributed by atoms with Crippen LogP contribution in [-0.2, 0) is 4.79 Å². The van der Waals surface area contributed by atoms with Crippen molar-refractivity contribution in [3.05, 3.63) is 35.4 Å². The highest BCUT2D eigenvalue weighted by Crippen LogP contribution is 2.06. The molecule has 0 saturated carbocycles. The van der Waals surface area contributed by atoms with E-state index in [-0.39, 0.29) is 17.9 Å². The van der Waals surface area contributed by atoms with Gasteiger partial charge in [-0.3, -0.25) is 9.59 Å². The molecule has 0 spiro atoms. The Morgan fingerprint density at radius 3 is 3.00 bits per heavy atom. The third-order valence-electron chi connectivity index (χ3n) is 2.57. The van der Waals surface area contributed by atoms with Gasteiger partial charge in [0.05, 0.1) is 17.7 Å². The van der Waals surface area contributed by atoms with Crippen molar-refractivity contribution < 1.29 is 9.59 Å². The first kappa shape index (κ1) is 11.1. The molecule has 1 aliphatic heterocycles. The number of hydrogen-bond acceptors (Lipinski definition) is 3. The summed E-state index contributed by atoms with van der Waals surface area (Å²) in [6.45, 7) is 0.461. The Labute approximate surface area is 98.4 Å². The first-order chi connectivity index (χ1) is 8.19.